The lowest BCUT2D eigenvalue weighted by atomic mass is 9.95. The SMILES string of the molecule is CN(C)c1ccc(C=Nc2sc3c(c2C(=O)NCc2ccccc2)CCCC3)cc1. The molecule has 1 amide bonds. The van der Waals surface area contributed by atoms with Crippen molar-refractivity contribution in [2.75, 3.05) is 19.0 Å². The third-order valence-electron chi connectivity index (χ3n) is 5.42. The Balaban J connectivity index is 1.58. The first kappa shape index (κ1) is 20.4. The zero-order chi connectivity index (χ0) is 20.9. The topological polar surface area (TPSA) is 44.7 Å². The molecule has 1 aromatic heterocycles. The summed E-state index contributed by atoms with van der Waals surface area (Å²) in [5.74, 6) is -0.0200. The van der Waals surface area contributed by atoms with Gasteiger partial charge in [0.25, 0.3) is 5.91 Å². The average molecular weight is 418 g/mol. The summed E-state index contributed by atoms with van der Waals surface area (Å²) in [5, 5.41) is 3.92. The predicted molar refractivity (Wildman–Crippen MR) is 127 cm³/mol. The van der Waals surface area contributed by atoms with Gasteiger partial charge in [0.1, 0.15) is 5.00 Å². The number of fused-ring (bicyclic) bond motifs is 1. The number of aliphatic imine (C=N–C) groups is 1. The van der Waals surface area contributed by atoms with Crippen LogP contribution in [0.1, 0.15) is 44.8 Å². The second-order valence-corrected chi connectivity index (χ2v) is 8.89. The molecule has 0 radical (unpaired) electrons. The number of carbonyl (C=O) groups excluding carboxylic acids is 1. The largest absolute Gasteiger partial charge is 0.378 e. The molecule has 0 aliphatic heterocycles. The van der Waals surface area contributed by atoms with E-state index in [-0.39, 0.29) is 5.91 Å². The molecule has 154 valence electrons. The van der Waals surface area contributed by atoms with Crippen LogP contribution in [-0.4, -0.2) is 26.2 Å². The highest BCUT2D eigenvalue weighted by Gasteiger charge is 2.25. The molecule has 1 aliphatic carbocycles. The number of carbonyl (C=O) groups is 1. The van der Waals surface area contributed by atoms with Gasteiger partial charge in [0, 0.05) is 37.4 Å². The van der Waals surface area contributed by atoms with Crippen molar-refractivity contribution in [3.8, 4) is 0 Å². The Bertz CT molecular complexity index is 1040. The first-order chi connectivity index (χ1) is 14.6. The van der Waals surface area contributed by atoms with Crippen molar-refractivity contribution in [1.29, 1.82) is 0 Å². The molecule has 1 heterocycles. The second-order valence-electron chi connectivity index (χ2n) is 7.80. The van der Waals surface area contributed by atoms with Crippen LogP contribution in [0.2, 0.25) is 0 Å². The molecule has 0 saturated heterocycles. The van der Waals surface area contributed by atoms with E-state index in [2.05, 4.69) is 34.5 Å². The first-order valence-electron chi connectivity index (χ1n) is 10.4. The predicted octanol–water partition coefficient (Wildman–Crippen LogP) is 5.37. The molecular weight excluding hydrogens is 390 g/mol. The zero-order valence-electron chi connectivity index (χ0n) is 17.5. The van der Waals surface area contributed by atoms with Gasteiger partial charge in [-0.3, -0.25) is 4.79 Å². The number of hydrogen-bond acceptors (Lipinski definition) is 4. The van der Waals surface area contributed by atoms with Gasteiger partial charge in [0.15, 0.2) is 0 Å². The van der Waals surface area contributed by atoms with Gasteiger partial charge in [-0.25, -0.2) is 4.99 Å². The standard InChI is InChI=1S/C25H27N3OS/c1-28(2)20-14-12-19(13-15-20)17-27-25-23(21-10-6-7-11-22(21)30-25)24(29)26-16-18-8-4-3-5-9-18/h3-5,8-9,12-15,17H,6-7,10-11,16H2,1-2H3,(H,26,29). The molecule has 0 spiro atoms. The Morgan fingerprint density at radius 1 is 1.07 bits per heavy atom. The lowest BCUT2D eigenvalue weighted by molar-refractivity contribution is 0.0951. The van der Waals surface area contributed by atoms with Crippen LogP contribution in [0.5, 0.6) is 0 Å². The van der Waals surface area contributed by atoms with E-state index in [9.17, 15) is 4.79 Å². The summed E-state index contributed by atoms with van der Waals surface area (Å²) in [7, 11) is 4.05. The molecule has 3 aromatic rings. The smallest absolute Gasteiger partial charge is 0.254 e. The molecule has 4 nitrogen and oxygen atoms in total. The highest BCUT2D eigenvalue weighted by Crippen LogP contribution is 2.39. The number of aryl methyl sites for hydroxylation is 1. The summed E-state index contributed by atoms with van der Waals surface area (Å²) in [6.07, 6.45) is 6.20. The Morgan fingerprint density at radius 3 is 2.53 bits per heavy atom. The van der Waals surface area contributed by atoms with E-state index in [1.807, 2.05) is 50.6 Å². The molecule has 2 aromatic carbocycles. The molecule has 30 heavy (non-hydrogen) atoms. The van der Waals surface area contributed by atoms with E-state index in [4.69, 9.17) is 4.99 Å². The quantitative estimate of drug-likeness (QED) is 0.548. The molecule has 0 saturated carbocycles. The minimum atomic E-state index is -0.0200. The normalized spacial score (nSPS) is 13.3. The van der Waals surface area contributed by atoms with E-state index in [1.165, 1.54) is 16.9 Å². The third-order valence-corrected chi connectivity index (χ3v) is 6.62. The van der Waals surface area contributed by atoms with Crippen LogP contribution in [0.25, 0.3) is 0 Å². The number of amides is 1. The van der Waals surface area contributed by atoms with Crippen molar-refractivity contribution < 1.29 is 4.79 Å². The van der Waals surface area contributed by atoms with Crippen molar-refractivity contribution in [2.45, 2.75) is 32.2 Å². The zero-order valence-corrected chi connectivity index (χ0v) is 18.3. The lowest BCUT2D eigenvalue weighted by Crippen LogP contribution is -2.24. The summed E-state index contributed by atoms with van der Waals surface area (Å²) >= 11 is 1.67. The fraction of sp³-hybridized carbons (Fsp3) is 0.280. The number of thiophene rings is 1. The van der Waals surface area contributed by atoms with Crippen molar-refractivity contribution >= 4 is 34.1 Å². The molecular formula is C25H27N3OS. The minimum Gasteiger partial charge on any atom is -0.378 e. The van der Waals surface area contributed by atoms with Crippen LogP contribution >= 0.6 is 11.3 Å². The van der Waals surface area contributed by atoms with Gasteiger partial charge in [0.05, 0.1) is 5.56 Å². The Morgan fingerprint density at radius 2 is 1.80 bits per heavy atom. The van der Waals surface area contributed by atoms with Gasteiger partial charge >= 0.3 is 0 Å². The molecule has 1 N–H and O–H groups in total. The number of nitrogens with one attached hydrogen (secondary N) is 1. The number of anilines is 1. The summed E-state index contributed by atoms with van der Waals surface area (Å²) in [5.41, 5.74) is 5.25. The molecule has 4 rings (SSSR count). The molecule has 0 fully saturated rings. The Kier molecular flexibility index (Phi) is 6.29. The third kappa shape index (κ3) is 4.62. The summed E-state index contributed by atoms with van der Waals surface area (Å²) in [4.78, 5) is 21.3. The summed E-state index contributed by atoms with van der Waals surface area (Å²) < 4.78 is 0. The van der Waals surface area contributed by atoms with Crippen LogP contribution < -0.4 is 10.2 Å². The highest BCUT2D eigenvalue weighted by atomic mass is 32.1. The molecule has 0 unspecified atom stereocenters. The maximum atomic E-state index is 13.1. The average Bonchev–Trinajstić information content (AvgIpc) is 3.15. The number of nitrogens with zero attached hydrogens (tertiary/aromatic N) is 2. The van der Waals surface area contributed by atoms with Gasteiger partial charge in [-0.2, -0.15) is 0 Å². The fourth-order valence-corrected chi connectivity index (χ4v) is 4.97. The summed E-state index contributed by atoms with van der Waals surface area (Å²) in [6.45, 7) is 0.527. The Labute approximate surface area is 182 Å². The van der Waals surface area contributed by atoms with E-state index >= 15 is 0 Å². The number of hydrogen-bond donors (Lipinski definition) is 1. The van der Waals surface area contributed by atoms with Crippen LogP contribution in [0, 0.1) is 0 Å². The van der Waals surface area contributed by atoms with Gasteiger partial charge in [-0.1, -0.05) is 42.5 Å². The molecule has 0 atom stereocenters. The van der Waals surface area contributed by atoms with Gasteiger partial charge < -0.3 is 10.2 Å². The number of benzene rings is 2. The van der Waals surface area contributed by atoms with E-state index in [0.717, 1.165) is 46.6 Å². The van der Waals surface area contributed by atoms with E-state index in [1.54, 1.807) is 11.3 Å². The Hall–Kier alpha value is -2.92. The number of rotatable bonds is 6. The van der Waals surface area contributed by atoms with Crippen LogP contribution in [0.15, 0.2) is 59.6 Å². The van der Waals surface area contributed by atoms with Crippen molar-refractivity contribution in [2.24, 2.45) is 4.99 Å². The first-order valence-corrected chi connectivity index (χ1v) is 11.2. The lowest BCUT2D eigenvalue weighted by Gasteiger charge is -2.13. The second kappa shape index (κ2) is 9.26. The van der Waals surface area contributed by atoms with Gasteiger partial charge in [-0.15, -0.1) is 11.3 Å². The van der Waals surface area contributed by atoms with Gasteiger partial charge in [-0.05, 0) is 54.5 Å². The minimum absolute atomic E-state index is 0.0200. The van der Waals surface area contributed by atoms with Crippen molar-refractivity contribution in [3.05, 3.63) is 81.7 Å². The van der Waals surface area contributed by atoms with E-state index < -0.39 is 0 Å². The summed E-state index contributed by atoms with van der Waals surface area (Å²) in [6, 6.07) is 18.3. The molecule has 1 aliphatic rings. The maximum absolute atomic E-state index is 13.1. The maximum Gasteiger partial charge on any atom is 0.254 e. The van der Waals surface area contributed by atoms with Crippen LogP contribution in [0.4, 0.5) is 10.7 Å². The van der Waals surface area contributed by atoms with Crippen molar-refractivity contribution in [3.63, 3.8) is 0 Å². The monoisotopic (exact) mass is 417 g/mol. The van der Waals surface area contributed by atoms with Gasteiger partial charge in [0.2, 0.25) is 0 Å². The molecule has 5 heteroatoms. The fourth-order valence-electron chi connectivity index (χ4n) is 3.73. The van der Waals surface area contributed by atoms with Crippen LogP contribution in [-0.2, 0) is 19.4 Å². The highest BCUT2D eigenvalue weighted by molar-refractivity contribution is 7.16. The van der Waals surface area contributed by atoms with E-state index in [0.29, 0.717) is 6.54 Å². The van der Waals surface area contributed by atoms with Crippen molar-refractivity contribution in [1.82, 2.24) is 5.32 Å². The van der Waals surface area contributed by atoms with Crippen LogP contribution in [0.3, 0.4) is 0 Å². The molecule has 0 bridgehead atoms.